The number of amides is 2. The number of aromatic nitrogens is 2. The minimum atomic E-state index is -0.300. The van der Waals surface area contributed by atoms with Gasteiger partial charge in [-0.2, -0.15) is 5.26 Å². The lowest BCUT2D eigenvalue weighted by molar-refractivity contribution is 0.250. The molecule has 2 amide bonds. The lowest BCUT2D eigenvalue weighted by Crippen LogP contribution is -2.28. The minimum Gasteiger partial charge on any atom is -0.481 e. The van der Waals surface area contributed by atoms with Crippen LogP contribution in [-0.4, -0.2) is 23.3 Å². The number of carbonyl (C=O) groups is 1. The molecule has 2 aromatic heterocycles. The number of aryl methyl sites for hydroxylation is 1. The van der Waals surface area contributed by atoms with Gasteiger partial charge in [0.2, 0.25) is 5.88 Å². The molecule has 8 nitrogen and oxygen atoms in total. The molecule has 0 radical (unpaired) electrons. The Morgan fingerprint density at radius 2 is 1.88 bits per heavy atom. The van der Waals surface area contributed by atoms with Gasteiger partial charge < -0.3 is 19.9 Å². The predicted octanol–water partition coefficient (Wildman–Crippen LogP) is 8.49. The summed E-state index contributed by atoms with van der Waals surface area (Å²) in [7, 11) is 1.55. The molecule has 8 heteroatoms. The smallest absolute Gasteiger partial charge is 0.319 e. The molecule has 2 aromatic carbocycles. The standard InChI is InChI=1S/C22H26N4O3.C13H15N/c1-5-14(2)16-9-8-15(3)19(11-16)25-22(27)24-13-17-12-20(26-29-17)18-7-6-10-23-21(18)28-4;14-10-11-6-8-13(9-7-11)12-4-2-1-3-5-12/h6-12,14H,5,13H2,1-4H3,(H2,24,25,27);6-9,12H,1-5H2. The normalized spacial score (nSPS) is 13.7. The monoisotopic (exact) mass is 579 g/mol. The van der Waals surface area contributed by atoms with Crippen molar-refractivity contribution >= 4 is 11.7 Å². The molecular weight excluding hydrogens is 538 g/mol. The van der Waals surface area contributed by atoms with Crippen LogP contribution in [0.5, 0.6) is 5.88 Å². The number of hydrogen-bond donors (Lipinski definition) is 2. The first-order valence-corrected chi connectivity index (χ1v) is 15.0. The molecule has 0 saturated heterocycles. The van der Waals surface area contributed by atoms with Gasteiger partial charge in [0.15, 0.2) is 5.76 Å². The Bertz CT molecular complexity index is 1520. The predicted molar refractivity (Wildman–Crippen MR) is 169 cm³/mol. The van der Waals surface area contributed by atoms with Crippen molar-refractivity contribution < 1.29 is 14.1 Å². The zero-order valence-electron chi connectivity index (χ0n) is 25.5. The molecule has 224 valence electrons. The van der Waals surface area contributed by atoms with E-state index < -0.39 is 0 Å². The molecule has 2 heterocycles. The Morgan fingerprint density at radius 1 is 1.12 bits per heavy atom. The summed E-state index contributed by atoms with van der Waals surface area (Å²) in [5.41, 5.74) is 6.54. The van der Waals surface area contributed by atoms with Crippen LogP contribution in [0.2, 0.25) is 0 Å². The Labute approximate surface area is 254 Å². The van der Waals surface area contributed by atoms with Crippen molar-refractivity contribution in [3.8, 4) is 23.2 Å². The zero-order valence-corrected chi connectivity index (χ0v) is 25.5. The molecule has 1 saturated carbocycles. The number of pyridine rings is 1. The molecule has 1 unspecified atom stereocenters. The van der Waals surface area contributed by atoms with E-state index in [9.17, 15) is 4.79 Å². The fourth-order valence-electron chi connectivity index (χ4n) is 5.19. The second-order valence-electron chi connectivity index (χ2n) is 11.0. The number of nitrogens with one attached hydrogen (secondary N) is 2. The fraction of sp³-hybridized carbons (Fsp3) is 0.371. The largest absolute Gasteiger partial charge is 0.481 e. The number of anilines is 1. The molecular formula is C35H41N5O3. The van der Waals surface area contributed by atoms with Gasteiger partial charge in [0.1, 0.15) is 5.69 Å². The fourth-order valence-corrected chi connectivity index (χ4v) is 5.19. The van der Waals surface area contributed by atoms with Crippen molar-refractivity contribution in [1.29, 1.82) is 5.26 Å². The summed E-state index contributed by atoms with van der Waals surface area (Å²) in [4.78, 5) is 16.5. The maximum Gasteiger partial charge on any atom is 0.319 e. The second kappa shape index (κ2) is 15.5. The Hall–Kier alpha value is -4.64. The number of nitriles is 1. The summed E-state index contributed by atoms with van der Waals surface area (Å²) < 4.78 is 10.6. The van der Waals surface area contributed by atoms with Crippen LogP contribution < -0.4 is 15.4 Å². The Morgan fingerprint density at radius 3 is 2.58 bits per heavy atom. The van der Waals surface area contributed by atoms with Crippen LogP contribution in [0.15, 0.2) is 71.4 Å². The van der Waals surface area contributed by atoms with Crippen LogP contribution in [0.4, 0.5) is 10.5 Å². The second-order valence-corrected chi connectivity index (χ2v) is 11.0. The molecule has 1 atom stereocenters. The van der Waals surface area contributed by atoms with Gasteiger partial charge in [-0.3, -0.25) is 0 Å². The van der Waals surface area contributed by atoms with E-state index in [4.69, 9.17) is 14.5 Å². The summed E-state index contributed by atoms with van der Waals surface area (Å²) in [5, 5.41) is 18.4. The number of ether oxygens (including phenoxy) is 1. The van der Waals surface area contributed by atoms with E-state index in [0.29, 0.717) is 23.3 Å². The van der Waals surface area contributed by atoms with Gasteiger partial charge in [-0.15, -0.1) is 0 Å². The van der Waals surface area contributed by atoms with Gasteiger partial charge in [-0.25, -0.2) is 9.78 Å². The van der Waals surface area contributed by atoms with Gasteiger partial charge in [0.05, 0.1) is 30.9 Å². The summed E-state index contributed by atoms with van der Waals surface area (Å²) in [6.45, 7) is 6.51. The molecule has 1 aliphatic carbocycles. The highest BCUT2D eigenvalue weighted by atomic mass is 16.5. The van der Waals surface area contributed by atoms with Crippen LogP contribution in [-0.2, 0) is 6.54 Å². The topological polar surface area (TPSA) is 113 Å². The van der Waals surface area contributed by atoms with Crippen LogP contribution in [0.3, 0.4) is 0 Å². The molecule has 43 heavy (non-hydrogen) atoms. The summed E-state index contributed by atoms with van der Waals surface area (Å²) in [6.07, 6.45) is 9.47. The molecule has 0 aliphatic heterocycles. The molecule has 4 aromatic rings. The number of rotatable bonds is 8. The number of methoxy groups -OCH3 is 1. The molecule has 0 bridgehead atoms. The highest BCUT2D eigenvalue weighted by Gasteiger charge is 2.15. The first kappa shape index (κ1) is 31.3. The summed E-state index contributed by atoms with van der Waals surface area (Å²) in [6, 6.07) is 21.5. The molecule has 1 aliphatic rings. The highest BCUT2D eigenvalue weighted by Crippen LogP contribution is 2.32. The van der Waals surface area contributed by atoms with Gasteiger partial charge in [0.25, 0.3) is 0 Å². The summed E-state index contributed by atoms with van der Waals surface area (Å²) >= 11 is 0. The first-order valence-electron chi connectivity index (χ1n) is 15.0. The van der Waals surface area contributed by atoms with Crippen molar-refractivity contribution in [3.63, 3.8) is 0 Å². The lowest BCUT2D eigenvalue weighted by Gasteiger charge is -2.21. The van der Waals surface area contributed by atoms with Crippen molar-refractivity contribution in [1.82, 2.24) is 15.5 Å². The van der Waals surface area contributed by atoms with Crippen molar-refractivity contribution in [2.75, 3.05) is 12.4 Å². The number of urea groups is 1. The molecule has 0 spiro atoms. The van der Waals surface area contributed by atoms with Gasteiger partial charge in [-0.1, -0.05) is 62.5 Å². The SMILES string of the molecule is CCC(C)c1ccc(C)c(NC(=O)NCc2cc(-c3cccnc3OC)no2)c1.N#Cc1ccc(C2CCCCC2)cc1. The number of carbonyl (C=O) groups excluding carboxylic acids is 1. The maximum absolute atomic E-state index is 12.4. The lowest BCUT2D eigenvalue weighted by atomic mass is 9.84. The first-order chi connectivity index (χ1) is 20.9. The van der Waals surface area contributed by atoms with E-state index in [1.54, 1.807) is 25.4 Å². The van der Waals surface area contributed by atoms with E-state index in [1.165, 1.54) is 43.2 Å². The number of hydrogen-bond acceptors (Lipinski definition) is 6. The van der Waals surface area contributed by atoms with Crippen molar-refractivity contribution in [3.05, 3.63) is 94.9 Å². The minimum absolute atomic E-state index is 0.214. The third kappa shape index (κ3) is 8.68. The highest BCUT2D eigenvalue weighted by molar-refractivity contribution is 5.90. The van der Waals surface area contributed by atoms with Crippen molar-refractivity contribution in [2.45, 2.75) is 77.7 Å². The quantitative estimate of drug-likeness (QED) is 0.216. The molecule has 2 N–H and O–H groups in total. The Kier molecular flexibility index (Phi) is 11.3. The van der Waals surface area contributed by atoms with Crippen LogP contribution in [0.25, 0.3) is 11.3 Å². The van der Waals surface area contributed by atoms with Crippen LogP contribution in [0.1, 0.15) is 92.2 Å². The average molecular weight is 580 g/mol. The van der Waals surface area contributed by atoms with Crippen LogP contribution in [0, 0.1) is 18.3 Å². The van der Waals surface area contributed by atoms with E-state index in [-0.39, 0.29) is 12.6 Å². The molecule has 5 rings (SSSR count). The Balaban J connectivity index is 0.000000251. The zero-order chi connectivity index (χ0) is 30.6. The molecule has 1 fully saturated rings. The number of nitrogens with zero attached hydrogens (tertiary/aromatic N) is 3. The van der Waals surface area contributed by atoms with Gasteiger partial charge >= 0.3 is 6.03 Å². The maximum atomic E-state index is 12.4. The third-order valence-electron chi connectivity index (χ3n) is 8.03. The van der Waals surface area contributed by atoms with Gasteiger partial charge in [0, 0.05) is 18.0 Å². The number of benzene rings is 2. The van der Waals surface area contributed by atoms with Crippen molar-refractivity contribution in [2.24, 2.45) is 0 Å². The van der Waals surface area contributed by atoms with Gasteiger partial charge in [-0.05, 0) is 85.0 Å². The van der Waals surface area contributed by atoms with E-state index in [0.717, 1.165) is 34.7 Å². The van der Waals surface area contributed by atoms with E-state index in [1.807, 2.05) is 37.3 Å². The van der Waals surface area contributed by atoms with E-state index >= 15 is 0 Å². The van der Waals surface area contributed by atoms with E-state index in [2.05, 4.69) is 58.9 Å². The third-order valence-corrected chi connectivity index (χ3v) is 8.03. The summed E-state index contributed by atoms with van der Waals surface area (Å²) in [5.74, 6) is 2.19. The average Bonchev–Trinajstić information content (AvgIpc) is 3.54. The van der Waals surface area contributed by atoms with Crippen LogP contribution >= 0.6 is 0 Å².